The van der Waals surface area contributed by atoms with E-state index in [1.54, 1.807) is 6.26 Å². The van der Waals surface area contributed by atoms with Gasteiger partial charge in [-0.05, 0) is 32.0 Å². The molecule has 2 rings (SSSR count). The van der Waals surface area contributed by atoms with Gasteiger partial charge in [0.15, 0.2) is 0 Å². The van der Waals surface area contributed by atoms with Crippen molar-refractivity contribution >= 4 is 11.6 Å². The first-order valence-electron chi connectivity index (χ1n) is 7.05. The maximum absolute atomic E-state index is 6.33. The van der Waals surface area contributed by atoms with Gasteiger partial charge < -0.3 is 9.73 Å². The number of nitrogens with one attached hydrogen (secondary N) is 1. The molecule has 0 fully saturated rings. The van der Waals surface area contributed by atoms with Crippen molar-refractivity contribution in [1.29, 1.82) is 0 Å². The molecule has 0 spiro atoms. The van der Waals surface area contributed by atoms with Gasteiger partial charge in [-0.3, -0.25) is 4.68 Å². The molecular formula is C15H22ClN3O. The quantitative estimate of drug-likeness (QED) is 0.853. The number of rotatable bonds is 7. The van der Waals surface area contributed by atoms with E-state index in [-0.39, 0.29) is 0 Å². The average Bonchev–Trinajstić information content (AvgIpc) is 3.00. The molecule has 0 bridgehead atoms. The van der Waals surface area contributed by atoms with Crippen LogP contribution in [0.25, 0.3) is 0 Å². The van der Waals surface area contributed by atoms with Crippen LogP contribution in [0.15, 0.2) is 22.8 Å². The fourth-order valence-corrected chi connectivity index (χ4v) is 2.71. The van der Waals surface area contributed by atoms with Gasteiger partial charge in [0.1, 0.15) is 5.76 Å². The van der Waals surface area contributed by atoms with Crippen LogP contribution in [0.5, 0.6) is 0 Å². The van der Waals surface area contributed by atoms with Gasteiger partial charge in [0.05, 0.1) is 22.7 Å². The normalized spacial score (nSPS) is 12.8. The van der Waals surface area contributed by atoms with Gasteiger partial charge in [0, 0.05) is 25.9 Å². The van der Waals surface area contributed by atoms with Crippen molar-refractivity contribution in [2.45, 2.75) is 39.2 Å². The predicted molar refractivity (Wildman–Crippen MR) is 81.2 cm³/mol. The van der Waals surface area contributed by atoms with Gasteiger partial charge in [0.25, 0.3) is 0 Å². The lowest BCUT2D eigenvalue weighted by atomic mass is 10.0. The van der Waals surface area contributed by atoms with Gasteiger partial charge in [-0.2, -0.15) is 5.10 Å². The molecule has 0 amide bonds. The lowest BCUT2D eigenvalue weighted by molar-refractivity contribution is 0.441. The first-order chi connectivity index (χ1) is 9.61. The monoisotopic (exact) mass is 295 g/mol. The fourth-order valence-electron chi connectivity index (χ4n) is 2.47. The van der Waals surface area contributed by atoms with E-state index < -0.39 is 0 Å². The van der Waals surface area contributed by atoms with Crippen LogP contribution in [-0.2, 0) is 19.9 Å². The molecule has 0 radical (unpaired) electrons. The van der Waals surface area contributed by atoms with E-state index in [4.69, 9.17) is 16.0 Å². The van der Waals surface area contributed by atoms with E-state index in [1.165, 1.54) is 0 Å². The number of likely N-dealkylation sites (N-methyl/N-ethyl adjacent to an activating group) is 1. The average molecular weight is 296 g/mol. The summed E-state index contributed by atoms with van der Waals surface area (Å²) in [4.78, 5) is 0. The van der Waals surface area contributed by atoms with Gasteiger partial charge in [0.2, 0.25) is 0 Å². The third kappa shape index (κ3) is 3.64. The number of hydrogen-bond acceptors (Lipinski definition) is 3. The molecule has 0 saturated heterocycles. The summed E-state index contributed by atoms with van der Waals surface area (Å²) >= 11 is 6.33. The predicted octanol–water partition coefficient (Wildman–Crippen LogP) is 3.13. The Morgan fingerprint density at radius 2 is 2.30 bits per heavy atom. The summed E-state index contributed by atoms with van der Waals surface area (Å²) in [5.41, 5.74) is 1.99. The van der Waals surface area contributed by atoms with Crippen molar-refractivity contribution < 1.29 is 4.42 Å². The van der Waals surface area contributed by atoms with Crippen LogP contribution in [0.4, 0.5) is 0 Å². The first kappa shape index (κ1) is 15.1. The Morgan fingerprint density at radius 3 is 2.85 bits per heavy atom. The Bertz CT molecular complexity index is 534. The molecule has 2 aromatic rings. The second-order valence-electron chi connectivity index (χ2n) is 5.05. The summed E-state index contributed by atoms with van der Waals surface area (Å²) in [6, 6.07) is 4.32. The second-order valence-corrected chi connectivity index (χ2v) is 5.42. The maximum Gasteiger partial charge on any atom is 0.103 e. The topological polar surface area (TPSA) is 43.0 Å². The van der Waals surface area contributed by atoms with Crippen LogP contribution >= 0.6 is 11.6 Å². The molecule has 0 aliphatic rings. The number of hydrogen-bond donors (Lipinski definition) is 1. The highest BCUT2D eigenvalue weighted by Gasteiger charge is 2.16. The number of nitrogens with zero attached hydrogens (tertiary/aromatic N) is 2. The molecule has 1 atom stereocenters. The van der Waals surface area contributed by atoms with E-state index in [0.717, 1.165) is 48.0 Å². The molecule has 0 saturated carbocycles. The molecule has 1 N–H and O–H groups in total. The van der Waals surface area contributed by atoms with E-state index in [0.29, 0.717) is 6.04 Å². The minimum absolute atomic E-state index is 0.373. The minimum atomic E-state index is 0.373. The third-order valence-corrected chi connectivity index (χ3v) is 4.01. The molecule has 110 valence electrons. The van der Waals surface area contributed by atoms with E-state index in [1.807, 2.05) is 30.8 Å². The van der Waals surface area contributed by atoms with Crippen LogP contribution in [0.1, 0.15) is 30.5 Å². The van der Waals surface area contributed by atoms with Crippen LogP contribution < -0.4 is 5.32 Å². The van der Waals surface area contributed by atoms with E-state index in [2.05, 4.69) is 17.3 Å². The largest absolute Gasteiger partial charge is 0.469 e. The van der Waals surface area contributed by atoms with Crippen molar-refractivity contribution in [1.82, 2.24) is 15.1 Å². The smallest absolute Gasteiger partial charge is 0.103 e. The second kappa shape index (κ2) is 6.95. The third-order valence-electron chi connectivity index (χ3n) is 3.51. The number of furan rings is 1. The Hall–Kier alpha value is -1.26. The van der Waals surface area contributed by atoms with E-state index >= 15 is 0 Å². The van der Waals surface area contributed by atoms with Gasteiger partial charge in [-0.25, -0.2) is 0 Å². The zero-order chi connectivity index (χ0) is 14.5. The standard InChI is InChI=1S/C15H22ClN3O/c1-4-17-12(7-8-13-6-5-9-20-13)10-14-15(16)11(2)18-19(14)3/h5-6,9,12,17H,4,7-8,10H2,1-3H3. The molecule has 5 heteroatoms. The summed E-state index contributed by atoms with van der Waals surface area (Å²) in [6.07, 6.45) is 4.55. The zero-order valence-corrected chi connectivity index (χ0v) is 13.1. The van der Waals surface area contributed by atoms with Crippen molar-refractivity contribution in [3.63, 3.8) is 0 Å². The van der Waals surface area contributed by atoms with Crippen LogP contribution in [-0.4, -0.2) is 22.4 Å². The minimum Gasteiger partial charge on any atom is -0.469 e. The fraction of sp³-hybridized carbons (Fsp3) is 0.533. The Kier molecular flexibility index (Phi) is 5.26. The highest BCUT2D eigenvalue weighted by molar-refractivity contribution is 6.31. The molecule has 20 heavy (non-hydrogen) atoms. The van der Waals surface area contributed by atoms with Gasteiger partial charge in [-0.1, -0.05) is 18.5 Å². The van der Waals surface area contributed by atoms with Gasteiger partial charge in [-0.15, -0.1) is 0 Å². The van der Waals surface area contributed by atoms with Crippen LogP contribution in [0.3, 0.4) is 0 Å². The maximum atomic E-state index is 6.33. The molecule has 0 aromatic carbocycles. The first-order valence-corrected chi connectivity index (χ1v) is 7.43. The van der Waals surface area contributed by atoms with Crippen LogP contribution in [0.2, 0.25) is 5.02 Å². The molecule has 2 aromatic heterocycles. The summed E-state index contributed by atoms with van der Waals surface area (Å²) in [6.45, 7) is 5.00. The number of aromatic nitrogens is 2. The molecule has 0 aliphatic carbocycles. The molecule has 1 unspecified atom stereocenters. The number of halogens is 1. The van der Waals surface area contributed by atoms with E-state index in [9.17, 15) is 0 Å². The summed E-state index contributed by atoms with van der Waals surface area (Å²) in [5, 5.41) is 8.67. The molecule has 0 aliphatic heterocycles. The highest BCUT2D eigenvalue weighted by atomic mass is 35.5. The van der Waals surface area contributed by atoms with Crippen molar-refractivity contribution in [3.05, 3.63) is 40.6 Å². The Balaban J connectivity index is 2.01. The van der Waals surface area contributed by atoms with Gasteiger partial charge >= 0.3 is 0 Å². The molecule has 2 heterocycles. The molecular weight excluding hydrogens is 274 g/mol. The molecule has 4 nitrogen and oxygen atoms in total. The zero-order valence-electron chi connectivity index (χ0n) is 12.3. The highest BCUT2D eigenvalue weighted by Crippen LogP contribution is 2.21. The summed E-state index contributed by atoms with van der Waals surface area (Å²) in [7, 11) is 1.95. The lowest BCUT2D eigenvalue weighted by Gasteiger charge is -2.17. The summed E-state index contributed by atoms with van der Waals surface area (Å²) in [5.74, 6) is 1.03. The number of aryl methyl sites for hydroxylation is 3. The Morgan fingerprint density at radius 1 is 1.50 bits per heavy atom. The van der Waals surface area contributed by atoms with Crippen LogP contribution in [0, 0.1) is 6.92 Å². The summed E-state index contributed by atoms with van der Waals surface area (Å²) < 4.78 is 7.28. The lowest BCUT2D eigenvalue weighted by Crippen LogP contribution is -2.32. The van der Waals surface area contributed by atoms with Crippen molar-refractivity contribution in [2.24, 2.45) is 7.05 Å². The SMILES string of the molecule is CCNC(CCc1ccco1)Cc1c(Cl)c(C)nn1C. The van der Waals surface area contributed by atoms with Crippen molar-refractivity contribution in [3.8, 4) is 0 Å². The van der Waals surface area contributed by atoms with Crippen molar-refractivity contribution in [2.75, 3.05) is 6.54 Å². The Labute approximate surface area is 125 Å².